The summed E-state index contributed by atoms with van der Waals surface area (Å²) in [7, 11) is -1.59. The van der Waals surface area contributed by atoms with E-state index in [1.165, 1.54) is 0 Å². The quantitative estimate of drug-likeness (QED) is 0.786. The molecule has 0 spiro atoms. The largest absolute Gasteiger partial charge is 0.316 e. The normalized spacial score (nSPS) is 12.8. The molecule has 18 heavy (non-hydrogen) atoms. The highest BCUT2D eigenvalue weighted by molar-refractivity contribution is 7.98. The molecule has 0 aliphatic heterocycles. The zero-order chi connectivity index (χ0) is 12.9. The molecular weight excluding hydrogens is 292 g/mol. The maximum atomic E-state index is 11.9. The molecule has 0 heterocycles. The van der Waals surface area contributed by atoms with E-state index < -0.39 is 10.0 Å². The van der Waals surface area contributed by atoms with Crippen molar-refractivity contribution in [3.63, 3.8) is 0 Å². The summed E-state index contributed by atoms with van der Waals surface area (Å²) >= 11 is 1.58. The average Bonchev–Trinajstić information content (AvgIpc) is 2.36. The first-order valence-electron chi connectivity index (χ1n) is 5.30. The van der Waals surface area contributed by atoms with Crippen molar-refractivity contribution >= 4 is 34.2 Å². The summed E-state index contributed by atoms with van der Waals surface area (Å²) < 4.78 is 26.4. The second-order valence-electron chi connectivity index (χ2n) is 3.72. The van der Waals surface area contributed by atoms with Crippen LogP contribution in [0.25, 0.3) is 0 Å². The van der Waals surface area contributed by atoms with Crippen LogP contribution >= 0.6 is 24.2 Å². The fraction of sp³-hybridized carbons (Fsp3) is 0.455. The summed E-state index contributed by atoms with van der Waals surface area (Å²) in [4.78, 5) is 1.35. The van der Waals surface area contributed by atoms with Crippen molar-refractivity contribution in [2.24, 2.45) is 0 Å². The van der Waals surface area contributed by atoms with Gasteiger partial charge in [-0.2, -0.15) is 0 Å². The third kappa shape index (κ3) is 5.16. The molecule has 104 valence electrons. The molecule has 0 radical (unpaired) electrons. The molecule has 0 aliphatic rings. The highest BCUT2D eigenvalue weighted by Gasteiger charge is 2.14. The van der Waals surface area contributed by atoms with E-state index in [4.69, 9.17) is 0 Å². The van der Waals surface area contributed by atoms with E-state index in [0.717, 1.165) is 4.90 Å². The minimum atomic E-state index is -3.39. The minimum Gasteiger partial charge on any atom is -0.316 e. The Labute approximate surface area is 119 Å². The van der Waals surface area contributed by atoms with Gasteiger partial charge in [-0.1, -0.05) is 0 Å². The van der Waals surface area contributed by atoms with Crippen molar-refractivity contribution in [1.29, 1.82) is 0 Å². The molecule has 2 N–H and O–H groups in total. The van der Waals surface area contributed by atoms with Gasteiger partial charge < -0.3 is 5.32 Å². The fourth-order valence-corrected chi connectivity index (χ4v) is 2.71. The smallest absolute Gasteiger partial charge is 0.240 e. The van der Waals surface area contributed by atoms with Gasteiger partial charge in [0.05, 0.1) is 4.90 Å². The Hall–Kier alpha value is -0.270. The van der Waals surface area contributed by atoms with Crippen LogP contribution in [0.3, 0.4) is 0 Å². The number of nitrogens with one attached hydrogen (secondary N) is 2. The zero-order valence-electron chi connectivity index (χ0n) is 10.6. The Morgan fingerprint density at radius 2 is 1.83 bits per heavy atom. The molecule has 0 amide bonds. The zero-order valence-corrected chi connectivity index (χ0v) is 13.1. The standard InChI is InChI=1S/C11H18N2O2S2.ClH/c1-9(12-2)8-13-17(14,15)11-6-4-10(16-3)5-7-11;/h4-7,9,12-13H,8H2,1-3H3;1H. The second kappa shape index (κ2) is 8.01. The van der Waals surface area contributed by atoms with Crippen LogP contribution in [0.2, 0.25) is 0 Å². The Balaban J connectivity index is 0.00000289. The lowest BCUT2D eigenvalue weighted by atomic mass is 10.4. The van der Waals surface area contributed by atoms with Crippen molar-refractivity contribution in [3.8, 4) is 0 Å². The number of likely N-dealkylation sites (N-methyl/N-ethyl adjacent to an activating group) is 1. The van der Waals surface area contributed by atoms with Crippen molar-refractivity contribution in [3.05, 3.63) is 24.3 Å². The summed E-state index contributed by atoms with van der Waals surface area (Å²) in [6, 6.07) is 6.97. The SMILES string of the molecule is CNC(C)CNS(=O)(=O)c1ccc(SC)cc1.Cl. The summed E-state index contributed by atoms with van der Waals surface area (Å²) in [6.45, 7) is 2.29. The third-order valence-corrected chi connectivity index (χ3v) is 4.63. The molecule has 0 fully saturated rings. The monoisotopic (exact) mass is 310 g/mol. The summed E-state index contributed by atoms with van der Waals surface area (Å²) in [5.74, 6) is 0. The van der Waals surface area contributed by atoms with Gasteiger partial charge in [0.15, 0.2) is 0 Å². The van der Waals surface area contributed by atoms with E-state index in [0.29, 0.717) is 11.4 Å². The minimum absolute atomic E-state index is 0. The topological polar surface area (TPSA) is 58.2 Å². The first-order chi connectivity index (χ1) is 7.99. The number of benzene rings is 1. The van der Waals surface area contributed by atoms with Crippen molar-refractivity contribution < 1.29 is 8.42 Å². The van der Waals surface area contributed by atoms with E-state index in [9.17, 15) is 8.42 Å². The number of thioether (sulfide) groups is 1. The highest BCUT2D eigenvalue weighted by Crippen LogP contribution is 2.17. The van der Waals surface area contributed by atoms with Gasteiger partial charge in [-0.15, -0.1) is 24.2 Å². The number of hydrogen-bond acceptors (Lipinski definition) is 4. The van der Waals surface area contributed by atoms with Gasteiger partial charge in [-0.3, -0.25) is 0 Å². The number of halogens is 1. The van der Waals surface area contributed by atoms with E-state index in [1.807, 2.05) is 13.2 Å². The molecular formula is C11H19ClN2O2S2. The summed E-state index contributed by atoms with van der Waals surface area (Å²) in [5.41, 5.74) is 0. The average molecular weight is 311 g/mol. The molecule has 1 unspecified atom stereocenters. The summed E-state index contributed by atoms with van der Waals surface area (Å²) in [6.07, 6.45) is 1.95. The molecule has 4 nitrogen and oxygen atoms in total. The van der Waals surface area contributed by atoms with Gasteiger partial charge in [0.1, 0.15) is 0 Å². The van der Waals surface area contributed by atoms with Crippen LogP contribution in [-0.2, 0) is 10.0 Å². The number of hydrogen-bond donors (Lipinski definition) is 2. The molecule has 1 aromatic carbocycles. The van der Waals surface area contributed by atoms with E-state index >= 15 is 0 Å². The van der Waals surface area contributed by atoms with E-state index in [1.54, 1.807) is 43.1 Å². The van der Waals surface area contributed by atoms with Crippen LogP contribution in [0, 0.1) is 0 Å². The Morgan fingerprint density at radius 3 is 2.28 bits per heavy atom. The molecule has 7 heteroatoms. The van der Waals surface area contributed by atoms with Crippen molar-refractivity contribution in [1.82, 2.24) is 10.0 Å². The molecule has 0 bridgehead atoms. The first kappa shape index (κ1) is 17.7. The van der Waals surface area contributed by atoms with Gasteiger partial charge in [0, 0.05) is 17.5 Å². The molecule has 0 saturated heterocycles. The summed E-state index contributed by atoms with van der Waals surface area (Å²) in [5, 5.41) is 2.98. The van der Waals surface area contributed by atoms with Crippen molar-refractivity contribution in [2.45, 2.75) is 22.8 Å². The molecule has 0 aliphatic carbocycles. The first-order valence-corrected chi connectivity index (χ1v) is 8.01. The van der Waals surface area contributed by atoms with Gasteiger partial charge in [0.25, 0.3) is 0 Å². The molecule has 0 aromatic heterocycles. The van der Waals surface area contributed by atoms with Gasteiger partial charge in [0.2, 0.25) is 10.0 Å². The van der Waals surface area contributed by atoms with Crippen LogP contribution in [-0.4, -0.2) is 34.3 Å². The number of sulfonamides is 1. The third-order valence-electron chi connectivity index (χ3n) is 2.44. The fourth-order valence-electron chi connectivity index (χ4n) is 1.17. The highest BCUT2D eigenvalue weighted by atomic mass is 35.5. The van der Waals surface area contributed by atoms with Crippen LogP contribution in [0.4, 0.5) is 0 Å². The molecule has 1 rings (SSSR count). The van der Waals surface area contributed by atoms with E-state index in [-0.39, 0.29) is 18.4 Å². The lowest BCUT2D eigenvalue weighted by Crippen LogP contribution is -2.37. The van der Waals surface area contributed by atoms with Crippen molar-refractivity contribution in [2.75, 3.05) is 19.8 Å². The van der Waals surface area contributed by atoms with Gasteiger partial charge >= 0.3 is 0 Å². The second-order valence-corrected chi connectivity index (χ2v) is 6.36. The Bertz CT molecular complexity index is 449. The number of rotatable bonds is 6. The maximum absolute atomic E-state index is 11.9. The van der Waals surface area contributed by atoms with Gasteiger partial charge in [-0.05, 0) is 44.5 Å². The van der Waals surface area contributed by atoms with Crippen LogP contribution < -0.4 is 10.0 Å². The van der Waals surface area contributed by atoms with Crippen LogP contribution in [0.1, 0.15) is 6.92 Å². The predicted molar refractivity (Wildman–Crippen MR) is 79.2 cm³/mol. The molecule has 0 saturated carbocycles. The molecule has 1 atom stereocenters. The van der Waals surface area contributed by atoms with Gasteiger partial charge in [-0.25, -0.2) is 13.1 Å². The lowest BCUT2D eigenvalue weighted by Gasteiger charge is -2.12. The predicted octanol–water partition coefficient (Wildman–Crippen LogP) is 1.72. The van der Waals surface area contributed by atoms with Crippen LogP contribution in [0.5, 0.6) is 0 Å². The maximum Gasteiger partial charge on any atom is 0.240 e. The van der Waals surface area contributed by atoms with Crippen LogP contribution in [0.15, 0.2) is 34.1 Å². The Morgan fingerprint density at radius 1 is 1.28 bits per heavy atom. The lowest BCUT2D eigenvalue weighted by molar-refractivity contribution is 0.554. The van der Waals surface area contributed by atoms with E-state index in [2.05, 4.69) is 10.0 Å². The molecule has 1 aromatic rings. The Kier molecular flexibility index (Phi) is 7.89.